The van der Waals surface area contributed by atoms with Crippen LogP contribution in [-0.2, 0) is 26.7 Å². The largest absolute Gasteiger partial charge is 0.350 e. The quantitative estimate of drug-likeness (QED) is 0.583. The Hall–Kier alpha value is -2.79. The number of likely N-dealkylation sites (tertiary alicyclic amines) is 1. The number of hydrogen-bond donors (Lipinski definition) is 0. The van der Waals surface area contributed by atoms with Gasteiger partial charge < -0.3 is 0 Å². The Kier molecular flexibility index (Phi) is 6.29. The molecule has 2 fully saturated rings. The van der Waals surface area contributed by atoms with Gasteiger partial charge in [-0.25, -0.2) is 26.8 Å². The third-order valence-electron chi connectivity index (χ3n) is 6.06. The maximum Gasteiger partial charge on any atom is 0.350 e. The third kappa shape index (κ3) is 4.40. The molecule has 1 aromatic carbocycles. The summed E-state index contributed by atoms with van der Waals surface area (Å²) < 4.78 is 30.3. The Labute approximate surface area is 186 Å². The number of aryl methyl sites for hydroxylation is 1. The van der Waals surface area contributed by atoms with E-state index in [0.717, 1.165) is 4.90 Å². The van der Waals surface area contributed by atoms with E-state index in [1.165, 1.54) is 13.6 Å². The summed E-state index contributed by atoms with van der Waals surface area (Å²) in [4.78, 5) is 37.8. The van der Waals surface area contributed by atoms with E-state index in [9.17, 15) is 22.8 Å². The van der Waals surface area contributed by atoms with E-state index >= 15 is 0 Å². The molecule has 172 valence electrons. The highest BCUT2D eigenvalue weighted by molar-refractivity contribution is 7.89. The van der Waals surface area contributed by atoms with Crippen molar-refractivity contribution >= 4 is 21.8 Å². The molecule has 1 atom stereocenters. The number of imide groups is 1. The van der Waals surface area contributed by atoms with Crippen LogP contribution in [0.3, 0.4) is 0 Å². The topological polar surface area (TPSA) is 115 Å². The van der Waals surface area contributed by atoms with Crippen molar-refractivity contribution in [1.29, 1.82) is 0 Å². The summed E-state index contributed by atoms with van der Waals surface area (Å²) in [5.74, 6) is -0.636. The number of amides is 2. The van der Waals surface area contributed by atoms with Crippen molar-refractivity contribution in [2.24, 2.45) is 7.05 Å². The van der Waals surface area contributed by atoms with Crippen LogP contribution in [-0.4, -0.2) is 69.2 Å². The SMILES string of the molecule is Cn1nc(C2CCCN(S(=O)(=O)CCN3C(=O)CCCC3=O)C2)n(-c2ccccc2)c1=O. The second kappa shape index (κ2) is 8.99. The molecule has 1 aromatic heterocycles. The minimum absolute atomic E-state index is 0.126. The molecule has 10 nitrogen and oxygen atoms in total. The molecule has 2 aromatic rings. The molecule has 2 saturated heterocycles. The monoisotopic (exact) mass is 461 g/mol. The lowest BCUT2D eigenvalue weighted by Crippen LogP contribution is -2.46. The predicted molar refractivity (Wildman–Crippen MR) is 117 cm³/mol. The summed E-state index contributed by atoms with van der Waals surface area (Å²) in [7, 11) is -2.11. The van der Waals surface area contributed by atoms with Crippen LogP contribution >= 0.6 is 0 Å². The number of rotatable bonds is 6. The van der Waals surface area contributed by atoms with Crippen molar-refractivity contribution < 1.29 is 18.0 Å². The summed E-state index contributed by atoms with van der Waals surface area (Å²) in [5.41, 5.74) is 0.399. The lowest BCUT2D eigenvalue weighted by molar-refractivity contribution is -0.147. The first-order chi connectivity index (χ1) is 15.3. The highest BCUT2D eigenvalue weighted by atomic mass is 32.2. The molecule has 2 aliphatic rings. The molecule has 2 aliphatic heterocycles. The molecule has 0 saturated carbocycles. The van der Waals surface area contributed by atoms with Crippen LogP contribution < -0.4 is 5.69 Å². The molecule has 4 rings (SSSR count). The minimum Gasteiger partial charge on any atom is -0.282 e. The van der Waals surface area contributed by atoms with Crippen molar-refractivity contribution in [3.05, 3.63) is 46.6 Å². The number of carbonyl (C=O) groups excluding carboxylic acids is 2. The average Bonchev–Trinajstić information content (AvgIpc) is 3.08. The van der Waals surface area contributed by atoms with Crippen LogP contribution in [0.1, 0.15) is 43.8 Å². The normalized spacial score (nSPS) is 20.7. The highest BCUT2D eigenvalue weighted by Gasteiger charge is 2.34. The maximum atomic E-state index is 13.0. The van der Waals surface area contributed by atoms with Crippen molar-refractivity contribution in [2.75, 3.05) is 25.4 Å². The molecule has 0 bridgehead atoms. The molecule has 0 aliphatic carbocycles. The Morgan fingerprint density at radius 1 is 1.03 bits per heavy atom. The minimum atomic E-state index is -3.69. The van der Waals surface area contributed by atoms with Gasteiger partial charge in [0.15, 0.2) is 0 Å². The van der Waals surface area contributed by atoms with Gasteiger partial charge in [-0.3, -0.25) is 14.5 Å². The summed E-state index contributed by atoms with van der Waals surface area (Å²) in [6.07, 6.45) is 2.40. The van der Waals surface area contributed by atoms with Gasteiger partial charge in [0.25, 0.3) is 0 Å². The zero-order valence-corrected chi connectivity index (χ0v) is 18.8. The van der Waals surface area contributed by atoms with E-state index in [0.29, 0.717) is 37.3 Å². The molecule has 32 heavy (non-hydrogen) atoms. The van der Waals surface area contributed by atoms with E-state index in [1.54, 1.807) is 7.05 Å². The lowest BCUT2D eigenvalue weighted by atomic mass is 9.98. The van der Waals surface area contributed by atoms with Crippen LogP contribution in [0, 0.1) is 0 Å². The van der Waals surface area contributed by atoms with Gasteiger partial charge in [-0.05, 0) is 31.4 Å². The third-order valence-corrected chi connectivity index (χ3v) is 7.88. The van der Waals surface area contributed by atoms with Crippen molar-refractivity contribution in [3.8, 4) is 5.69 Å². The van der Waals surface area contributed by atoms with Gasteiger partial charge >= 0.3 is 5.69 Å². The molecule has 1 unspecified atom stereocenters. The zero-order valence-electron chi connectivity index (χ0n) is 18.0. The van der Waals surface area contributed by atoms with Gasteiger partial charge in [0, 0.05) is 45.4 Å². The fraction of sp³-hybridized carbons (Fsp3) is 0.524. The average molecular weight is 462 g/mol. The van der Waals surface area contributed by atoms with E-state index in [2.05, 4.69) is 5.10 Å². The Bertz CT molecular complexity index is 1150. The second-order valence-corrected chi connectivity index (χ2v) is 10.3. The molecular weight excluding hydrogens is 434 g/mol. The number of benzene rings is 1. The van der Waals surface area contributed by atoms with Gasteiger partial charge in [-0.2, -0.15) is 5.10 Å². The van der Waals surface area contributed by atoms with Crippen LogP contribution in [0.5, 0.6) is 0 Å². The number of piperidine rings is 2. The molecule has 2 amide bonds. The molecule has 0 N–H and O–H groups in total. The first-order valence-electron chi connectivity index (χ1n) is 10.8. The Balaban J connectivity index is 1.53. The van der Waals surface area contributed by atoms with Gasteiger partial charge in [0.2, 0.25) is 21.8 Å². The number of para-hydroxylation sites is 1. The summed E-state index contributed by atoms with van der Waals surface area (Å²) >= 11 is 0. The molecular formula is C21H27N5O5S. The fourth-order valence-corrected chi connectivity index (χ4v) is 5.84. The van der Waals surface area contributed by atoms with Crippen molar-refractivity contribution in [1.82, 2.24) is 23.6 Å². The number of sulfonamides is 1. The fourth-order valence-electron chi connectivity index (χ4n) is 4.36. The van der Waals surface area contributed by atoms with Gasteiger partial charge in [0.1, 0.15) is 5.82 Å². The van der Waals surface area contributed by atoms with E-state index in [4.69, 9.17) is 0 Å². The number of hydrogen-bond acceptors (Lipinski definition) is 6. The summed E-state index contributed by atoms with van der Waals surface area (Å²) in [6.45, 7) is 0.441. The van der Waals surface area contributed by atoms with E-state index in [1.807, 2.05) is 30.3 Å². The Morgan fingerprint density at radius 2 is 1.72 bits per heavy atom. The zero-order chi connectivity index (χ0) is 22.9. The maximum absolute atomic E-state index is 13.0. The first-order valence-corrected chi connectivity index (χ1v) is 12.4. The number of carbonyl (C=O) groups is 2. The molecule has 3 heterocycles. The van der Waals surface area contributed by atoms with Crippen LogP contribution in [0.15, 0.2) is 35.1 Å². The standard InChI is InChI=1S/C21H27N5O5S/c1-23-21(29)26(17-8-3-2-4-9-17)20(22-23)16-7-6-12-24(15-16)32(30,31)14-13-25-18(27)10-5-11-19(25)28/h2-4,8-9,16H,5-7,10-15H2,1H3. The summed E-state index contributed by atoms with van der Waals surface area (Å²) in [5, 5.41) is 4.41. The molecule has 0 radical (unpaired) electrons. The van der Waals surface area contributed by atoms with Crippen molar-refractivity contribution in [2.45, 2.75) is 38.0 Å². The highest BCUT2D eigenvalue weighted by Crippen LogP contribution is 2.28. The molecule has 11 heteroatoms. The lowest BCUT2D eigenvalue weighted by Gasteiger charge is -2.32. The Morgan fingerprint density at radius 3 is 2.41 bits per heavy atom. The van der Waals surface area contributed by atoms with Gasteiger partial charge in [-0.15, -0.1) is 0 Å². The van der Waals surface area contributed by atoms with Gasteiger partial charge in [0.05, 0.1) is 11.4 Å². The van der Waals surface area contributed by atoms with Crippen LogP contribution in [0.2, 0.25) is 0 Å². The predicted octanol–water partition coefficient (Wildman–Crippen LogP) is 0.619. The van der Waals surface area contributed by atoms with Crippen LogP contribution in [0.25, 0.3) is 5.69 Å². The smallest absolute Gasteiger partial charge is 0.282 e. The first kappa shape index (κ1) is 22.4. The van der Waals surface area contributed by atoms with Crippen molar-refractivity contribution in [3.63, 3.8) is 0 Å². The van der Waals surface area contributed by atoms with E-state index < -0.39 is 10.0 Å². The van der Waals surface area contributed by atoms with E-state index in [-0.39, 0.29) is 55.1 Å². The number of aromatic nitrogens is 3. The number of nitrogens with zero attached hydrogens (tertiary/aromatic N) is 5. The summed E-state index contributed by atoms with van der Waals surface area (Å²) in [6, 6.07) is 9.16. The second-order valence-electron chi connectivity index (χ2n) is 8.24. The molecule has 0 spiro atoms. The van der Waals surface area contributed by atoms with Gasteiger partial charge in [-0.1, -0.05) is 18.2 Å². The van der Waals surface area contributed by atoms with Crippen LogP contribution in [0.4, 0.5) is 0 Å².